The Labute approximate surface area is 107 Å². The van der Waals surface area contributed by atoms with Crippen molar-refractivity contribution >= 4 is 11.7 Å². The zero-order valence-corrected chi connectivity index (χ0v) is 10.7. The zero-order chi connectivity index (χ0) is 12.9. The van der Waals surface area contributed by atoms with Crippen LogP contribution in [0.1, 0.15) is 26.2 Å². The van der Waals surface area contributed by atoms with Crippen LogP contribution in [0.3, 0.4) is 0 Å². The first-order valence-electron chi connectivity index (χ1n) is 6.88. The molecule has 0 aromatic heterocycles. The van der Waals surface area contributed by atoms with E-state index in [0.717, 1.165) is 11.8 Å². The van der Waals surface area contributed by atoms with Crippen LogP contribution >= 0.6 is 0 Å². The fourth-order valence-corrected chi connectivity index (χ4v) is 4.25. The maximum Gasteiger partial charge on any atom is 0.223 e. The van der Waals surface area contributed by atoms with Gasteiger partial charge in [0.2, 0.25) is 5.91 Å². The number of carbonyl (C=O) groups excluding carboxylic acids is 1. The molecule has 1 amide bonds. The highest BCUT2D eigenvalue weighted by Gasteiger charge is 2.67. The molecule has 0 radical (unpaired) electrons. The van der Waals surface area contributed by atoms with E-state index >= 15 is 0 Å². The predicted molar refractivity (Wildman–Crippen MR) is 66.9 cm³/mol. The van der Waals surface area contributed by atoms with Gasteiger partial charge in [-0.15, -0.1) is 0 Å². The van der Waals surface area contributed by atoms with Crippen molar-refractivity contribution in [2.75, 3.05) is 6.54 Å². The number of nitrogens with one attached hydrogen (secondary N) is 1. The van der Waals surface area contributed by atoms with Gasteiger partial charge in [0, 0.05) is 18.4 Å². The van der Waals surface area contributed by atoms with Crippen molar-refractivity contribution in [1.29, 1.82) is 0 Å². The standard InChI is InChI=1S/C13H21N3O2/c1-6(12(14)16-18)5-15-13(17)11-9-7-2-3-8(4-7)10(9)11/h6-11,18H,2-5H2,1H3,(H2,14,16)(H,15,17). The van der Waals surface area contributed by atoms with E-state index in [9.17, 15) is 4.79 Å². The fourth-order valence-electron chi connectivity index (χ4n) is 4.25. The Kier molecular flexibility index (Phi) is 2.72. The molecule has 0 aliphatic heterocycles. The Morgan fingerprint density at radius 2 is 2.06 bits per heavy atom. The minimum atomic E-state index is -0.116. The Morgan fingerprint density at radius 3 is 2.61 bits per heavy atom. The van der Waals surface area contributed by atoms with Gasteiger partial charge < -0.3 is 16.3 Å². The fraction of sp³-hybridized carbons (Fsp3) is 0.846. The number of nitrogens with zero attached hydrogens (tertiary/aromatic N) is 1. The molecule has 5 atom stereocenters. The van der Waals surface area contributed by atoms with E-state index in [1.807, 2.05) is 6.92 Å². The van der Waals surface area contributed by atoms with Gasteiger partial charge in [0.15, 0.2) is 0 Å². The van der Waals surface area contributed by atoms with Gasteiger partial charge in [-0.3, -0.25) is 4.79 Å². The second-order valence-electron chi connectivity index (χ2n) is 6.18. The molecule has 3 saturated carbocycles. The molecule has 18 heavy (non-hydrogen) atoms. The molecule has 5 nitrogen and oxygen atoms in total. The first-order valence-corrected chi connectivity index (χ1v) is 6.88. The van der Waals surface area contributed by atoms with Crippen molar-refractivity contribution in [2.24, 2.45) is 46.4 Å². The van der Waals surface area contributed by atoms with E-state index in [0.29, 0.717) is 18.4 Å². The Morgan fingerprint density at radius 1 is 1.44 bits per heavy atom. The number of rotatable bonds is 4. The van der Waals surface area contributed by atoms with Gasteiger partial charge in [-0.1, -0.05) is 12.1 Å². The lowest BCUT2D eigenvalue weighted by Gasteiger charge is -2.13. The largest absolute Gasteiger partial charge is 0.409 e. The van der Waals surface area contributed by atoms with E-state index in [1.54, 1.807) is 0 Å². The van der Waals surface area contributed by atoms with E-state index in [2.05, 4.69) is 10.5 Å². The van der Waals surface area contributed by atoms with Crippen LogP contribution in [0.15, 0.2) is 5.16 Å². The lowest BCUT2D eigenvalue weighted by atomic mass is 10.0. The summed E-state index contributed by atoms with van der Waals surface area (Å²) in [5.41, 5.74) is 5.49. The maximum atomic E-state index is 12.1. The van der Waals surface area contributed by atoms with Gasteiger partial charge in [-0.05, 0) is 42.9 Å². The molecule has 0 aromatic rings. The van der Waals surface area contributed by atoms with Gasteiger partial charge in [0.25, 0.3) is 0 Å². The average Bonchev–Trinajstić information content (AvgIpc) is 2.83. The Bertz CT molecular complexity index is 380. The van der Waals surface area contributed by atoms with Crippen molar-refractivity contribution in [1.82, 2.24) is 5.32 Å². The number of hydrogen-bond donors (Lipinski definition) is 3. The molecule has 100 valence electrons. The molecule has 0 saturated heterocycles. The maximum absolute atomic E-state index is 12.1. The van der Waals surface area contributed by atoms with Crippen LogP contribution in [0.5, 0.6) is 0 Å². The van der Waals surface area contributed by atoms with Crippen LogP contribution in [0.2, 0.25) is 0 Å². The van der Waals surface area contributed by atoms with E-state index < -0.39 is 0 Å². The summed E-state index contributed by atoms with van der Waals surface area (Å²) in [4.78, 5) is 12.1. The number of amidine groups is 1. The highest BCUT2D eigenvalue weighted by Crippen LogP contribution is 2.69. The molecule has 0 heterocycles. The van der Waals surface area contributed by atoms with Crippen molar-refractivity contribution in [3.63, 3.8) is 0 Å². The van der Waals surface area contributed by atoms with Gasteiger partial charge in [0.1, 0.15) is 5.84 Å². The number of nitrogens with two attached hydrogens (primary N) is 1. The first-order chi connectivity index (χ1) is 8.63. The molecular weight excluding hydrogens is 230 g/mol. The zero-order valence-electron chi connectivity index (χ0n) is 10.7. The van der Waals surface area contributed by atoms with Gasteiger partial charge in [0.05, 0.1) is 0 Å². The highest BCUT2D eigenvalue weighted by molar-refractivity contribution is 5.85. The SMILES string of the molecule is CC(CNC(=O)C1C2C3CCC(C3)C12)C(N)=NO. The number of hydrogen-bond acceptors (Lipinski definition) is 3. The molecule has 3 aliphatic carbocycles. The summed E-state index contributed by atoms with van der Waals surface area (Å²) in [5, 5.41) is 14.5. The van der Waals surface area contributed by atoms with Crippen LogP contribution in [0.4, 0.5) is 0 Å². The molecule has 5 heteroatoms. The van der Waals surface area contributed by atoms with Crippen LogP contribution in [-0.4, -0.2) is 23.5 Å². The number of carbonyl (C=O) groups is 1. The smallest absolute Gasteiger partial charge is 0.223 e. The molecule has 3 aliphatic rings. The molecular formula is C13H21N3O2. The van der Waals surface area contributed by atoms with Crippen LogP contribution in [0.25, 0.3) is 0 Å². The summed E-state index contributed by atoms with van der Waals surface area (Å²) >= 11 is 0. The van der Waals surface area contributed by atoms with Crippen molar-refractivity contribution in [3.05, 3.63) is 0 Å². The molecule has 3 fully saturated rings. The molecule has 4 N–H and O–H groups in total. The normalized spacial score (nSPS) is 42.5. The minimum absolute atomic E-state index is 0.116. The summed E-state index contributed by atoms with van der Waals surface area (Å²) < 4.78 is 0. The molecule has 0 spiro atoms. The van der Waals surface area contributed by atoms with Crippen LogP contribution in [-0.2, 0) is 4.79 Å². The average molecular weight is 251 g/mol. The number of oxime groups is 1. The molecule has 3 rings (SSSR count). The molecule has 5 unspecified atom stereocenters. The summed E-state index contributed by atoms with van der Waals surface area (Å²) in [7, 11) is 0. The second-order valence-corrected chi connectivity index (χ2v) is 6.18. The summed E-state index contributed by atoms with van der Waals surface area (Å²) in [5.74, 6) is 3.47. The minimum Gasteiger partial charge on any atom is -0.409 e. The summed E-state index contributed by atoms with van der Waals surface area (Å²) in [6.45, 7) is 2.30. The lowest BCUT2D eigenvalue weighted by molar-refractivity contribution is -0.123. The van der Waals surface area contributed by atoms with Crippen molar-refractivity contribution in [3.8, 4) is 0 Å². The van der Waals surface area contributed by atoms with Crippen molar-refractivity contribution < 1.29 is 10.0 Å². The second kappa shape index (κ2) is 4.14. The third-order valence-corrected chi connectivity index (χ3v) is 5.24. The monoisotopic (exact) mass is 251 g/mol. The predicted octanol–water partition coefficient (Wildman–Crippen LogP) is 0.777. The van der Waals surface area contributed by atoms with E-state index in [1.165, 1.54) is 19.3 Å². The van der Waals surface area contributed by atoms with Gasteiger partial charge >= 0.3 is 0 Å². The number of amides is 1. The van der Waals surface area contributed by atoms with Crippen LogP contribution < -0.4 is 11.1 Å². The quantitative estimate of drug-likeness (QED) is 0.298. The highest BCUT2D eigenvalue weighted by atomic mass is 16.4. The molecule has 0 aromatic carbocycles. The summed E-state index contributed by atoms with van der Waals surface area (Å²) in [6, 6.07) is 0. The van der Waals surface area contributed by atoms with Gasteiger partial charge in [-0.25, -0.2) is 0 Å². The number of fused-ring (bicyclic) bond motifs is 5. The third-order valence-electron chi connectivity index (χ3n) is 5.24. The lowest BCUT2D eigenvalue weighted by Crippen LogP contribution is -2.36. The van der Waals surface area contributed by atoms with Crippen LogP contribution in [0, 0.1) is 35.5 Å². The third kappa shape index (κ3) is 1.68. The first kappa shape index (κ1) is 11.8. The van der Waals surface area contributed by atoms with E-state index in [4.69, 9.17) is 10.9 Å². The molecule has 2 bridgehead atoms. The summed E-state index contributed by atoms with van der Waals surface area (Å²) in [6.07, 6.45) is 4.02. The van der Waals surface area contributed by atoms with Gasteiger partial charge in [-0.2, -0.15) is 0 Å². The Balaban J connectivity index is 1.50. The van der Waals surface area contributed by atoms with Crippen molar-refractivity contribution in [2.45, 2.75) is 26.2 Å². The Hall–Kier alpha value is -1.26. The van der Waals surface area contributed by atoms with E-state index in [-0.39, 0.29) is 23.6 Å². The topological polar surface area (TPSA) is 87.7 Å².